The molecule has 0 bridgehead atoms. The molecule has 0 fully saturated rings. The van der Waals surface area contributed by atoms with Gasteiger partial charge in [0.15, 0.2) is 0 Å². The van der Waals surface area contributed by atoms with E-state index in [9.17, 15) is 4.79 Å². The van der Waals surface area contributed by atoms with Crippen molar-refractivity contribution in [3.63, 3.8) is 0 Å². The van der Waals surface area contributed by atoms with Crippen molar-refractivity contribution in [1.82, 2.24) is 20.3 Å². The molecule has 0 aliphatic carbocycles. The summed E-state index contributed by atoms with van der Waals surface area (Å²) < 4.78 is 0. The SMILES string of the molecule is O=c1[nH]cnc2c(CNCC(O)CO)c[nH]c12. The van der Waals surface area contributed by atoms with Gasteiger partial charge in [0.2, 0.25) is 0 Å². The molecule has 17 heavy (non-hydrogen) atoms. The number of nitrogens with one attached hydrogen (secondary N) is 3. The van der Waals surface area contributed by atoms with Gasteiger partial charge in [-0.1, -0.05) is 0 Å². The van der Waals surface area contributed by atoms with Gasteiger partial charge in [0.05, 0.1) is 24.6 Å². The van der Waals surface area contributed by atoms with Crippen LogP contribution in [0, 0.1) is 0 Å². The predicted molar refractivity (Wildman–Crippen MR) is 61.5 cm³/mol. The number of aliphatic hydroxyl groups excluding tert-OH is 2. The highest BCUT2D eigenvalue weighted by molar-refractivity contribution is 5.77. The lowest BCUT2D eigenvalue weighted by Crippen LogP contribution is -2.28. The minimum atomic E-state index is -0.781. The highest BCUT2D eigenvalue weighted by Gasteiger charge is 2.08. The maximum atomic E-state index is 11.4. The van der Waals surface area contributed by atoms with Crippen LogP contribution in [0.1, 0.15) is 5.56 Å². The van der Waals surface area contributed by atoms with Crippen LogP contribution in [0.15, 0.2) is 17.3 Å². The molecule has 0 spiro atoms. The average Bonchev–Trinajstić information content (AvgIpc) is 2.74. The first-order valence-corrected chi connectivity index (χ1v) is 5.25. The Morgan fingerprint density at radius 1 is 1.47 bits per heavy atom. The molecule has 0 aliphatic heterocycles. The Morgan fingerprint density at radius 3 is 3.06 bits per heavy atom. The number of aliphatic hydroxyl groups is 2. The van der Waals surface area contributed by atoms with Crippen LogP contribution >= 0.6 is 0 Å². The van der Waals surface area contributed by atoms with E-state index in [1.807, 2.05) is 0 Å². The molecule has 1 unspecified atom stereocenters. The summed E-state index contributed by atoms with van der Waals surface area (Å²) in [5.41, 5.74) is 1.68. The first-order chi connectivity index (χ1) is 8.22. The summed E-state index contributed by atoms with van der Waals surface area (Å²) in [5, 5.41) is 20.8. The van der Waals surface area contributed by atoms with Gasteiger partial charge in [-0.3, -0.25) is 4.79 Å². The third kappa shape index (κ3) is 2.52. The van der Waals surface area contributed by atoms with Crippen LogP contribution < -0.4 is 10.9 Å². The molecule has 0 amide bonds. The number of H-pyrrole nitrogens is 2. The molecule has 5 N–H and O–H groups in total. The summed E-state index contributed by atoms with van der Waals surface area (Å²) >= 11 is 0. The number of nitrogens with zero attached hydrogens (tertiary/aromatic N) is 1. The summed E-state index contributed by atoms with van der Waals surface area (Å²) in [6.07, 6.45) is 2.27. The highest BCUT2D eigenvalue weighted by atomic mass is 16.3. The number of aromatic amines is 2. The van der Waals surface area contributed by atoms with E-state index in [1.54, 1.807) is 6.20 Å². The molecule has 2 rings (SSSR count). The Kier molecular flexibility index (Phi) is 3.52. The van der Waals surface area contributed by atoms with Crippen molar-refractivity contribution in [2.24, 2.45) is 0 Å². The van der Waals surface area contributed by atoms with Crippen LogP contribution in [0.25, 0.3) is 11.0 Å². The lowest BCUT2D eigenvalue weighted by Gasteiger charge is -2.07. The Balaban J connectivity index is 2.09. The fraction of sp³-hybridized carbons (Fsp3) is 0.400. The zero-order valence-electron chi connectivity index (χ0n) is 9.10. The van der Waals surface area contributed by atoms with Crippen LogP contribution in [-0.4, -0.2) is 44.4 Å². The van der Waals surface area contributed by atoms with E-state index in [-0.39, 0.29) is 18.7 Å². The van der Waals surface area contributed by atoms with E-state index in [0.717, 1.165) is 5.56 Å². The lowest BCUT2D eigenvalue weighted by molar-refractivity contribution is 0.0942. The predicted octanol–water partition coefficient (Wildman–Crippen LogP) is -1.31. The van der Waals surface area contributed by atoms with Gasteiger partial charge < -0.3 is 25.5 Å². The molecule has 0 saturated carbocycles. The van der Waals surface area contributed by atoms with Gasteiger partial charge in [-0.05, 0) is 0 Å². The quantitative estimate of drug-likeness (QED) is 0.444. The third-order valence-corrected chi connectivity index (χ3v) is 2.45. The van der Waals surface area contributed by atoms with Crippen LogP contribution in [0.5, 0.6) is 0 Å². The maximum Gasteiger partial charge on any atom is 0.275 e. The number of hydrogen-bond donors (Lipinski definition) is 5. The van der Waals surface area contributed by atoms with Gasteiger partial charge in [0.25, 0.3) is 5.56 Å². The van der Waals surface area contributed by atoms with Crippen LogP contribution in [0.4, 0.5) is 0 Å². The van der Waals surface area contributed by atoms with E-state index >= 15 is 0 Å². The van der Waals surface area contributed by atoms with Crippen LogP contribution in [-0.2, 0) is 6.54 Å². The van der Waals surface area contributed by atoms with E-state index in [4.69, 9.17) is 10.2 Å². The molecular weight excluding hydrogens is 224 g/mol. The summed E-state index contributed by atoms with van der Waals surface area (Å²) in [5.74, 6) is 0. The number of hydrogen-bond acceptors (Lipinski definition) is 5. The largest absolute Gasteiger partial charge is 0.394 e. The van der Waals surface area contributed by atoms with E-state index < -0.39 is 6.10 Å². The highest BCUT2D eigenvalue weighted by Crippen LogP contribution is 2.10. The Hall–Kier alpha value is -1.70. The normalized spacial score (nSPS) is 13.1. The van der Waals surface area contributed by atoms with E-state index in [1.165, 1.54) is 6.33 Å². The molecule has 92 valence electrons. The van der Waals surface area contributed by atoms with Gasteiger partial charge in [-0.25, -0.2) is 4.98 Å². The van der Waals surface area contributed by atoms with Gasteiger partial charge in [0, 0.05) is 24.8 Å². The van der Waals surface area contributed by atoms with E-state index in [2.05, 4.69) is 20.3 Å². The van der Waals surface area contributed by atoms with Crippen molar-refractivity contribution < 1.29 is 10.2 Å². The Morgan fingerprint density at radius 2 is 2.29 bits per heavy atom. The van der Waals surface area contributed by atoms with E-state index in [0.29, 0.717) is 17.6 Å². The fourth-order valence-electron chi connectivity index (χ4n) is 1.58. The summed E-state index contributed by atoms with van der Waals surface area (Å²) in [6, 6.07) is 0. The van der Waals surface area contributed by atoms with Gasteiger partial charge in [0.1, 0.15) is 5.52 Å². The molecule has 0 aliphatic rings. The van der Waals surface area contributed by atoms with Crippen molar-refractivity contribution in [2.75, 3.05) is 13.2 Å². The molecule has 2 heterocycles. The number of aromatic nitrogens is 3. The molecule has 1 atom stereocenters. The number of rotatable bonds is 5. The first kappa shape index (κ1) is 11.8. The van der Waals surface area contributed by atoms with Crippen LogP contribution in [0.3, 0.4) is 0 Å². The van der Waals surface area contributed by atoms with Gasteiger partial charge in [-0.15, -0.1) is 0 Å². The van der Waals surface area contributed by atoms with Gasteiger partial charge in [-0.2, -0.15) is 0 Å². The smallest absolute Gasteiger partial charge is 0.275 e. The molecule has 7 heteroatoms. The van der Waals surface area contributed by atoms with Gasteiger partial charge >= 0.3 is 0 Å². The minimum Gasteiger partial charge on any atom is -0.394 e. The number of fused-ring (bicyclic) bond motifs is 1. The molecule has 0 saturated heterocycles. The summed E-state index contributed by atoms with van der Waals surface area (Å²) in [4.78, 5) is 20.8. The monoisotopic (exact) mass is 238 g/mol. The Labute approximate surface area is 96.5 Å². The molecule has 2 aromatic rings. The summed E-state index contributed by atoms with van der Waals surface area (Å²) in [6.45, 7) is 0.471. The first-order valence-electron chi connectivity index (χ1n) is 5.25. The molecule has 0 aromatic carbocycles. The Bertz CT molecular complexity index is 548. The average molecular weight is 238 g/mol. The zero-order valence-corrected chi connectivity index (χ0v) is 9.10. The molecular formula is C10H14N4O3. The van der Waals surface area contributed by atoms with Crippen molar-refractivity contribution in [3.8, 4) is 0 Å². The second kappa shape index (κ2) is 5.09. The zero-order chi connectivity index (χ0) is 12.3. The van der Waals surface area contributed by atoms with Crippen molar-refractivity contribution >= 4 is 11.0 Å². The van der Waals surface area contributed by atoms with Crippen LogP contribution in [0.2, 0.25) is 0 Å². The molecule has 7 nitrogen and oxygen atoms in total. The van der Waals surface area contributed by atoms with Crippen molar-refractivity contribution in [3.05, 3.63) is 28.4 Å². The second-order valence-corrected chi connectivity index (χ2v) is 3.74. The molecule has 0 radical (unpaired) electrons. The second-order valence-electron chi connectivity index (χ2n) is 3.74. The standard InChI is InChI=1S/C10H14N4O3/c15-4-7(16)3-11-1-6-2-12-9-8(6)13-5-14-10(9)17/h2,5,7,11-12,15-16H,1,3-4H2,(H,13,14,17). The third-order valence-electron chi connectivity index (χ3n) is 2.45. The van der Waals surface area contributed by atoms with Crippen molar-refractivity contribution in [1.29, 1.82) is 0 Å². The maximum absolute atomic E-state index is 11.4. The lowest BCUT2D eigenvalue weighted by atomic mass is 10.2. The summed E-state index contributed by atoms with van der Waals surface area (Å²) in [7, 11) is 0. The topological polar surface area (TPSA) is 114 Å². The fourth-order valence-corrected chi connectivity index (χ4v) is 1.58. The van der Waals surface area contributed by atoms with Crippen molar-refractivity contribution in [2.45, 2.75) is 12.6 Å². The molecule has 2 aromatic heterocycles. The minimum absolute atomic E-state index is 0.211.